The van der Waals surface area contributed by atoms with Gasteiger partial charge in [0, 0.05) is 5.56 Å². The van der Waals surface area contributed by atoms with E-state index in [4.69, 9.17) is 0 Å². The van der Waals surface area contributed by atoms with E-state index < -0.39 is 0 Å². The maximum atomic E-state index is 14.3. The van der Waals surface area contributed by atoms with E-state index in [9.17, 15) is 4.39 Å². The molecule has 0 aromatic heterocycles. The average Bonchev–Trinajstić information content (AvgIpc) is 2.49. The molecule has 3 aromatic rings. The van der Waals surface area contributed by atoms with Crippen molar-refractivity contribution in [3.8, 4) is 0 Å². The Hall–Kier alpha value is -2.41. The molecule has 0 saturated carbocycles. The fraction of sp³-hybridized carbons (Fsp3) is 0.0526. The first-order chi connectivity index (χ1) is 9.72. The highest BCUT2D eigenvalue weighted by atomic mass is 19.1. The van der Waals surface area contributed by atoms with E-state index in [0.717, 1.165) is 16.3 Å². The van der Waals surface area contributed by atoms with Gasteiger partial charge in [-0.25, -0.2) is 4.39 Å². The molecule has 0 fully saturated rings. The molecule has 0 unspecified atom stereocenters. The zero-order chi connectivity index (χ0) is 13.9. The molecule has 0 radical (unpaired) electrons. The van der Waals surface area contributed by atoms with E-state index in [1.807, 2.05) is 73.7 Å². The summed E-state index contributed by atoms with van der Waals surface area (Å²) in [4.78, 5) is 0. The van der Waals surface area contributed by atoms with Crippen LogP contribution in [0.3, 0.4) is 0 Å². The molecule has 0 spiro atoms. The van der Waals surface area contributed by atoms with Crippen molar-refractivity contribution >= 4 is 22.7 Å². The monoisotopic (exact) mass is 262 g/mol. The SMILES string of the molecule is Cc1ccc(/C=C(/F)c2ccc3ccccc3c2)cc1. The second kappa shape index (κ2) is 5.30. The third kappa shape index (κ3) is 2.62. The summed E-state index contributed by atoms with van der Waals surface area (Å²) in [7, 11) is 0. The van der Waals surface area contributed by atoms with E-state index >= 15 is 0 Å². The minimum absolute atomic E-state index is 0.209. The number of benzene rings is 3. The van der Waals surface area contributed by atoms with E-state index in [1.165, 1.54) is 5.56 Å². The van der Waals surface area contributed by atoms with Gasteiger partial charge in [-0.2, -0.15) is 0 Å². The maximum Gasteiger partial charge on any atom is 0.131 e. The molecular formula is C19H15F. The van der Waals surface area contributed by atoms with Gasteiger partial charge in [0.05, 0.1) is 0 Å². The van der Waals surface area contributed by atoms with Crippen molar-refractivity contribution < 1.29 is 4.39 Å². The minimum Gasteiger partial charge on any atom is -0.206 e. The normalized spacial score (nSPS) is 11.8. The summed E-state index contributed by atoms with van der Waals surface area (Å²) in [6, 6.07) is 21.5. The van der Waals surface area contributed by atoms with Crippen LogP contribution in [0.2, 0.25) is 0 Å². The second-order valence-corrected chi connectivity index (χ2v) is 4.96. The Balaban J connectivity index is 1.99. The van der Waals surface area contributed by atoms with Gasteiger partial charge < -0.3 is 0 Å². The second-order valence-electron chi connectivity index (χ2n) is 4.96. The number of hydrogen-bond donors (Lipinski definition) is 0. The quantitative estimate of drug-likeness (QED) is 0.526. The van der Waals surface area contributed by atoms with Crippen LogP contribution in [0.25, 0.3) is 22.7 Å². The Labute approximate surface area is 118 Å². The van der Waals surface area contributed by atoms with Crippen molar-refractivity contribution in [1.82, 2.24) is 0 Å². The fourth-order valence-corrected chi connectivity index (χ4v) is 2.23. The molecule has 0 N–H and O–H groups in total. The van der Waals surface area contributed by atoms with E-state index in [2.05, 4.69) is 0 Å². The fourth-order valence-electron chi connectivity index (χ4n) is 2.23. The molecule has 0 atom stereocenters. The smallest absolute Gasteiger partial charge is 0.131 e. The Morgan fingerprint density at radius 3 is 2.30 bits per heavy atom. The lowest BCUT2D eigenvalue weighted by molar-refractivity contribution is 0.765. The molecule has 3 aromatic carbocycles. The van der Waals surface area contributed by atoms with Gasteiger partial charge in [0.15, 0.2) is 0 Å². The molecule has 0 bridgehead atoms. The highest BCUT2D eigenvalue weighted by Gasteiger charge is 2.02. The van der Waals surface area contributed by atoms with Crippen LogP contribution in [0.5, 0.6) is 0 Å². The van der Waals surface area contributed by atoms with Crippen molar-refractivity contribution in [3.05, 3.63) is 83.4 Å². The molecule has 1 heteroatoms. The van der Waals surface area contributed by atoms with Gasteiger partial charge >= 0.3 is 0 Å². The van der Waals surface area contributed by atoms with Crippen molar-refractivity contribution in [1.29, 1.82) is 0 Å². The van der Waals surface area contributed by atoms with Gasteiger partial charge in [0.2, 0.25) is 0 Å². The van der Waals surface area contributed by atoms with E-state index in [1.54, 1.807) is 6.08 Å². The number of aryl methyl sites for hydroxylation is 1. The van der Waals surface area contributed by atoms with Crippen LogP contribution in [0.15, 0.2) is 66.7 Å². The molecule has 0 saturated heterocycles. The Morgan fingerprint density at radius 1 is 0.850 bits per heavy atom. The average molecular weight is 262 g/mol. The summed E-state index contributed by atoms with van der Waals surface area (Å²) in [6.45, 7) is 2.02. The standard InChI is InChI=1S/C19H15F/c1-14-6-8-15(9-7-14)12-19(20)18-11-10-16-4-2-3-5-17(16)13-18/h2-13H,1H3/b19-12+. The zero-order valence-corrected chi connectivity index (χ0v) is 11.3. The van der Waals surface area contributed by atoms with Crippen LogP contribution in [0, 0.1) is 6.92 Å². The minimum atomic E-state index is -0.209. The molecule has 0 aliphatic heterocycles. The maximum absolute atomic E-state index is 14.3. The Bertz CT molecular complexity index is 767. The van der Waals surface area contributed by atoms with Crippen molar-refractivity contribution in [2.45, 2.75) is 6.92 Å². The summed E-state index contributed by atoms with van der Waals surface area (Å²) in [5.74, 6) is -0.209. The van der Waals surface area contributed by atoms with E-state index in [-0.39, 0.29) is 5.83 Å². The van der Waals surface area contributed by atoms with Crippen LogP contribution in [0.4, 0.5) is 4.39 Å². The molecule has 0 aliphatic rings. The summed E-state index contributed by atoms with van der Waals surface area (Å²) in [5.41, 5.74) is 2.67. The van der Waals surface area contributed by atoms with Gasteiger partial charge in [-0.1, -0.05) is 66.2 Å². The predicted molar refractivity (Wildman–Crippen MR) is 84.1 cm³/mol. The van der Waals surface area contributed by atoms with Crippen LogP contribution in [0.1, 0.15) is 16.7 Å². The Morgan fingerprint density at radius 2 is 1.55 bits per heavy atom. The first kappa shape index (κ1) is 12.6. The van der Waals surface area contributed by atoms with E-state index in [0.29, 0.717) is 5.56 Å². The van der Waals surface area contributed by atoms with Crippen molar-refractivity contribution in [2.75, 3.05) is 0 Å². The molecule has 0 aliphatic carbocycles. The number of rotatable bonds is 2. The van der Waals surface area contributed by atoms with Gasteiger partial charge in [-0.05, 0) is 35.4 Å². The first-order valence-corrected chi connectivity index (χ1v) is 6.65. The van der Waals surface area contributed by atoms with Crippen LogP contribution >= 0.6 is 0 Å². The largest absolute Gasteiger partial charge is 0.206 e. The van der Waals surface area contributed by atoms with Gasteiger partial charge in [0.1, 0.15) is 5.83 Å². The molecule has 98 valence electrons. The van der Waals surface area contributed by atoms with Gasteiger partial charge in [-0.3, -0.25) is 0 Å². The number of fused-ring (bicyclic) bond motifs is 1. The summed E-state index contributed by atoms with van der Waals surface area (Å²) >= 11 is 0. The lowest BCUT2D eigenvalue weighted by atomic mass is 10.0. The molecule has 20 heavy (non-hydrogen) atoms. The number of hydrogen-bond acceptors (Lipinski definition) is 0. The molecule has 0 nitrogen and oxygen atoms in total. The van der Waals surface area contributed by atoms with Crippen LogP contribution in [-0.2, 0) is 0 Å². The van der Waals surface area contributed by atoms with Crippen molar-refractivity contribution in [2.24, 2.45) is 0 Å². The number of halogens is 1. The molecule has 0 amide bonds. The van der Waals surface area contributed by atoms with Crippen LogP contribution < -0.4 is 0 Å². The third-order valence-electron chi connectivity index (χ3n) is 3.40. The lowest BCUT2D eigenvalue weighted by Gasteiger charge is -2.02. The highest BCUT2D eigenvalue weighted by molar-refractivity contribution is 5.87. The zero-order valence-electron chi connectivity index (χ0n) is 11.3. The summed E-state index contributed by atoms with van der Waals surface area (Å²) < 4.78 is 14.3. The molecule has 3 rings (SSSR count). The molecule has 0 heterocycles. The van der Waals surface area contributed by atoms with Gasteiger partial charge in [0.25, 0.3) is 0 Å². The van der Waals surface area contributed by atoms with Crippen LogP contribution in [-0.4, -0.2) is 0 Å². The topological polar surface area (TPSA) is 0 Å². The predicted octanol–water partition coefficient (Wildman–Crippen LogP) is 5.62. The third-order valence-corrected chi connectivity index (χ3v) is 3.40. The van der Waals surface area contributed by atoms with Gasteiger partial charge in [-0.15, -0.1) is 0 Å². The summed E-state index contributed by atoms with van der Waals surface area (Å²) in [6.07, 6.45) is 1.57. The van der Waals surface area contributed by atoms with Crippen molar-refractivity contribution in [3.63, 3.8) is 0 Å². The Kier molecular flexibility index (Phi) is 3.34. The summed E-state index contributed by atoms with van der Waals surface area (Å²) in [5, 5.41) is 2.18. The lowest BCUT2D eigenvalue weighted by Crippen LogP contribution is -1.81. The highest BCUT2D eigenvalue weighted by Crippen LogP contribution is 2.24. The molecular weight excluding hydrogens is 247 g/mol. The first-order valence-electron chi connectivity index (χ1n) is 6.65.